The summed E-state index contributed by atoms with van der Waals surface area (Å²) >= 11 is 0. The largest absolute Gasteiger partial charge is 0.496 e. The molecule has 22 heavy (non-hydrogen) atoms. The van der Waals surface area contributed by atoms with Crippen molar-refractivity contribution in [1.29, 1.82) is 0 Å². The smallest absolute Gasteiger partial charge is 0.356 e. The Labute approximate surface area is 128 Å². The Morgan fingerprint density at radius 1 is 1.32 bits per heavy atom. The van der Waals surface area contributed by atoms with Gasteiger partial charge in [0.1, 0.15) is 11.6 Å². The van der Waals surface area contributed by atoms with Crippen LogP contribution in [-0.2, 0) is 6.54 Å². The highest BCUT2D eigenvalue weighted by Crippen LogP contribution is 2.33. The van der Waals surface area contributed by atoms with Crippen molar-refractivity contribution in [3.63, 3.8) is 0 Å². The van der Waals surface area contributed by atoms with Gasteiger partial charge in [0.2, 0.25) is 0 Å². The van der Waals surface area contributed by atoms with E-state index in [1.54, 1.807) is 7.11 Å². The second kappa shape index (κ2) is 6.01. The highest BCUT2D eigenvalue weighted by molar-refractivity contribution is 5.84. The molecular formula is C16H17N3O3. The van der Waals surface area contributed by atoms with E-state index in [-0.39, 0.29) is 5.69 Å². The van der Waals surface area contributed by atoms with Gasteiger partial charge in [-0.1, -0.05) is 18.2 Å². The van der Waals surface area contributed by atoms with Crippen LogP contribution in [0.25, 0.3) is 0 Å². The highest BCUT2D eigenvalue weighted by Gasteiger charge is 2.31. The minimum atomic E-state index is -1.07. The van der Waals surface area contributed by atoms with E-state index >= 15 is 0 Å². The molecule has 0 atom stereocenters. The summed E-state index contributed by atoms with van der Waals surface area (Å²) in [5.41, 5.74) is 1.03. The minimum absolute atomic E-state index is 0.0446. The lowest BCUT2D eigenvalue weighted by Gasteiger charge is -2.24. The molecule has 114 valence electrons. The summed E-state index contributed by atoms with van der Waals surface area (Å²) in [5, 5.41) is 8.91. The van der Waals surface area contributed by atoms with Crippen LogP contribution >= 0.6 is 0 Å². The molecule has 0 aliphatic heterocycles. The Morgan fingerprint density at radius 2 is 2.09 bits per heavy atom. The fourth-order valence-electron chi connectivity index (χ4n) is 2.38. The molecule has 1 aromatic carbocycles. The number of carbonyl (C=O) groups is 1. The predicted molar refractivity (Wildman–Crippen MR) is 81.2 cm³/mol. The van der Waals surface area contributed by atoms with E-state index < -0.39 is 5.97 Å². The number of anilines is 1. The Morgan fingerprint density at radius 3 is 2.68 bits per heavy atom. The summed E-state index contributed by atoms with van der Waals surface area (Å²) in [6.07, 6.45) is 5.04. The third-order valence-corrected chi connectivity index (χ3v) is 3.67. The zero-order chi connectivity index (χ0) is 15.5. The summed E-state index contributed by atoms with van der Waals surface area (Å²) in [6.45, 7) is 0.662. The van der Waals surface area contributed by atoms with Gasteiger partial charge in [0.15, 0.2) is 5.69 Å². The average molecular weight is 299 g/mol. The third-order valence-electron chi connectivity index (χ3n) is 3.67. The SMILES string of the molecule is COc1ccccc1CN(c1cnc(C(=O)O)cn1)C1CC1. The molecule has 1 aliphatic rings. The monoisotopic (exact) mass is 299 g/mol. The number of benzene rings is 1. The van der Waals surface area contributed by atoms with Crippen LogP contribution in [-0.4, -0.2) is 34.2 Å². The maximum Gasteiger partial charge on any atom is 0.356 e. The first kappa shape index (κ1) is 14.3. The number of para-hydroxylation sites is 1. The lowest BCUT2D eigenvalue weighted by molar-refractivity contribution is 0.0690. The molecule has 0 bridgehead atoms. The average Bonchev–Trinajstić information content (AvgIpc) is 3.38. The maximum atomic E-state index is 10.9. The van der Waals surface area contributed by atoms with Gasteiger partial charge in [0.25, 0.3) is 0 Å². The molecular weight excluding hydrogens is 282 g/mol. The van der Waals surface area contributed by atoms with E-state index in [9.17, 15) is 4.79 Å². The quantitative estimate of drug-likeness (QED) is 0.882. The predicted octanol–water partition coefficient (Wildman–Crippen LogP) is 2.35. The van der Waals surface area contributed by atoms with Crippen molar-refractivity contribution >= 4 is 11.8 Å². The van der Waals surface area contributed by atoms with Gasteiger partial charge in [0, 0.05) is 18.2 Å². The van der Waals surface area contributed by atoms with Crippen molar-refractivity contribution < 1.29 is 14.6 Å². The molecule has 6 heteroatoms. The zero-order valence-corrected chi connectivity index (χ0v) is 12.3. The normalized spacial score (nSPS) is 13.7. The van der Waals surface area contributed by atoms with Gasteiger partial charge in [-0.3, -0.25) is 0 Å². The molecule has 6 nitrogen and oxygen atoms in total. The number of aromatic nitrogens is 2. The number of methoxy groups -OCH3 is 1. The number of nitrogens with zero attached hydrogens (tertiary/aromatic N) is 3. The molecule has 2 aromatic rings. The van der Waals surface area contributed by atoms with Crippen molar-refractivity contribution in [2.75, 3.05) is 12.0 Å². The first-order chi connectivity index (χ1) is 10.7. The summed E-state index contributed by atoms with van der Waals surface area (Å²) in [4.78, 5) is 21.2. The Bertz CT molecular complexity index is 669. The van der Waals surface area contributed by atoms with Crippen molar-refractivity contribution in [3.05, 3.63) is 47.9 Å². The molecule has 0 unspecified atom stereocenters. The van der Waals surface area contributed by atoms with Gasteiger partial charge in [-0.25, -0.2) is 14.8 Å². The first-order valence-electron chi connectivity index (χ1n) is 7.13. The van der Waals surface area contributed by atoms with E-state index in [2.05, 4.69) is 14.9 Å². The number of carboxylic acid groups (broad SMARTS) is 1. The van der Waals surface area contributed by atoms with Crippen LogP contribution in [0.5, 0.6) is 5.75 Å². The Kier molecular flexibility index (Phi) is 3.91. The maximum absolute atomic E-state index is 10.9. The zero-order valence-electron chi connectivity index (χ0n) is 12.3. The van der Waals surface area contributed by atoms with Crippen LogP contribution < -0.4 is 9.64 Å². The molecule has 0 spiro atoms. The molecule has 1 heterocycles. The lowest BCUT2D eigenvalue weighted by atomic mass is 10.2. The van der Waals surface area contributed by atoms with Crippen LogP contribution in [0.1, 0.15) is 28.9 Å². The molecule has 0 radical (unpaired) electrons. The number of hydrogen-bond donors (Lipinski definition) is 1. The van der Waals surface area contributed by atoms with E-state index in [1.165, 1.54) is 12.4 Å². The molecule has 1 aliphatic carbocycles. The second-order valence-electron chi connectivity index (χ2n) is 5.24. The Balaban J connectivity index is 1.85. The summed E-state index contributed by atoms with van der Waals surface area (Å²) < 4.78 is 5.39. The van der Waals surface area contributed by atoms with E-state index in [0.717, 1.165) is 24.2 Å². The van der Waals surface area contributed by atoms with E-state index in [0.29, 0.717) is 18.4 Å². The molecule has 1 saturated carbocycles. The van der Waals surface area contributed by atoms with E-state index in [1.807, 2.05) is 24.3 Å². The third kappa shape index (κ3) is 3.00. The van der Waals surface area contributed by atoms with Crippen molar-refractivity contribution in [3.8, 4) is 5.75 Å². The summed E-state index contributed by atoms with van der Waals surface area (Å²) in [6, 6.07) is 8.29. The van der Waals surface area contributed by atoms with Crippen LogP contribution in [0, 0.1) is 0 Å². The second-order valence-corrected chi connectivity index (χ2v) is 5.24. The molecule has 1 N–H and O–H groups in total. The Hall–Kier alpha value is -2.63. The molecule has 1 fully saturated rings. The number of rotatable bonds is 6. The van der Waals surface area contributed by atoms with E-state index in [4.69, 9.17) is 9.84 Å². The topological polar surface area (TPSA) is 75.5 Å². The lowest BCUT2D eigenvalue weighted by Crippen LogP contribution is -2.26. The minimum Gasteiger partial charge on any atom is -0.496 e. The van der Waals surface area contributed by atoms with Gasteiger partial charge in [-0.05, 0) is 18.9 Å². The molecule has 0 saturated heterocycles. The number of ether oxygens (including phenoxy) is 1. The van der Waals surface area contributed by atoms with Crippen molar-refractivity contribution in [2.24, 2.45) is 0 Å². The fourth-order valence-corrected chi connectivity index (χ4v) is 2.38. The van der Waals surface area contributed by atoms with Crippen LogP contribution in [0.3, 0.4) is 0 Å². The van der Waals surface area contributed by atoms with Crippen molar-refractivity contribution in [2.45, 2.75) is 25.4 Å². The van der Waals surface area contributed by atoms with Gasteiger partial charge in [-0.15, -0.1) is 0 Å². The number of hydrogen-bond acceptors (Lipinski definition) is 5. The molecule has 0 amide bonds. The fraction of sp³-hybridized carbons (Fsp3) is 0.312. The standard InChI is InChI=1S/C16H17N3O3/c1-22-14-5-3-2-4-11(14)10-19(12-6-7-12)15-9-17-13(8-18-15)16(20)21/h2-5,8-9,12H,6-7,10H2,1H3,(H,20,21). The first-order valence-corrected chi connectivity index (χ1v) is 7.13. The van der Waals surface area contributed by atoms with Crippen LogP contribution in [0.4, 0.5) is 5.82 Å². The van der Waals surface area contributed by atoms with Gasteiger partial charge in [-0.2, -0.15) is 0 Å². The highest BCUT2D eigenvalue weighted by atomic mass is 16.5. The number of aromatic carboxylic acids is 1. The van der Waals surface area contributed by atoms with Gasteiger partial charge in [0.05, 0.1) is 19.5 Å². The van der Waals surface area contributed by atoms with Crippen LogP contribution in [0.2, 0.25) is 0 Å². The molecule has 1 aromatic heterocycles. The summed E-state index contributed by atoms with van der Waals surface area (Å²) in [5.74, 6) is 0.462. The van der Waals surface area contributed by atoms with Crippen LogP contribution in [0.15, 0.2) is 36.7 Å². The van der Waals surface area contributed by atoms with Crippen molar-refractivity contribution in [1.82, 2.24) is 9.97 Å². The summed E-state index contributed by atoms with van der Waals surface area (Å²) in [7, 11) is 1.65. The molecule has 3 rings (SSSR count). The van der Waals surface area contributed by atoms with Gasteiger partial charge < -0.3 is 14.7 Å². The number of carboxylic acids is 1. The van der Waals surface area contributed by atoms with Gasteiger partial charge >= 0.3 is 5.97 Å².